The standard InChI is InChI=1S/C8H17NO.La/c1-5-8(4,10)7(3)9-6-2;/h10H,5-6H2,1-4H3;. The van der Waals surface area contributed by atoms with Gasteiger partial charge in [0.15, 0.2) is 0 Å². The molecule has 0 rings (SSSR count). The summed E-state index contributed by atoms with van der Waals surface area (Å²) in [6.45, 7) is 8.33. The van der Waals surface area contributed by atoms with Crippen LogP contribution in [0.2, 0.25) is 0 Å². The fourth-order valence-corrected chi connectivity index (χ4v) is 0.663. The Kier molecular flexibility index (Phi) is 8.29. The van der Waals surface area contributed by atoms with Crippen LogP contribution in [0.15, 0.2) is 4.99 Å². The monoisotopic (exact) mass is 282 g/mol. The zero-order valence-electron chi connectivity index (χ0n) is 7.89. The molecular formula is C8H17LaNO. The van der Waals surface area contributed by atoms with E-state index >= 15 is 0 Å². The molecule has 11 heavy (non-hydrogen) atoms. The molecule has 0 aliphatic carbocycles. The van der Waals surface area contributed by atoms with Crippen LogP contribution in [-0.2, 0) is 0 Å². The first-order chi connectivity index (χ1) is 4.54. The van der Waals surface area contributed by atoms with Gasteiger partial charge in [-0.25, -0.2) is 0 Å². The maximum atomic E-state index is 9.59. The van der Waals surface area contributed by atoms with Gasteiger partial charge in [0, 0.05) is 47.9 Å². The molecule has 2 nitrogen and oxygen atoms in total. The quantitative estimate of drug-likeness (QED) is 0.784. The molecule has 0 aromatic rings. The average molecular weight is 282 g/mol. The van der Waals surface area contributed by atoms with E-state index in [1.54, 1.807) is 6.92 Å². The van der Waals surface area contributed by atoms with E-state index in [-0.39, 0.29) is 35.6 Å². The van der Waals surface area contributed by atoms with Gasteiger partial charge in [0.2, 0.25) is 0 Å². The first-order valence-corrected chi connectivity index (χ1v) is 3.78. The van der Waals surface area contributed by atoms with E-state index in [1.807, 2.05) is 20.8 Å². The molecule has 1 radical (unpaired) electrons. The molecule has 1 atom stereocenters. The molecule has 0 aromatic carbocycles. The van der Waals surface area contributed by atoms with Gasteiger partial charge in [-0.15, -0.1) is 0 Å². The van der Waals surface area contributed by atoms with Crippen LogP contribution in [-0.4, -0.2) is 23.0 Å². The molecule has 0 spiro atoms. The molecule has 0 aromatic heterocycles. The van der Waals surface area contributed by atoms with Crippen LogP contribution in [0.25, 0.3) is 0 Å². The molecule has 0 aliphatic rings. The summed E-state index contributed by atoms with van der Waals surface area (Å²) in [4.78, 5) is 4.13. The van der Waals surface area contributed by atoms with Gasteiger partial charge in [0.1, 0.15) is 0 Å². The van der Waals surface area contributed by atoms with E-state index in [1.165, 1.54) is 0 Å². The SMILES string of the molecule is CCN=C(C)C(C)(O)CC.[La]. The van der Waals surface area contributed by atoms with Crippen LogP contribution < -0.4 is 0 Å². The van der Waals surface area contributed by atoms with E-state index in [9.17, 15) is 5.11 Å². The van der Waals surface area contributed by atoms with Gasteiger partial charge in [-0.2, -0.15) is 0 Å². The van der Waals surface area contributed by atoms with Crippen molar-refractivity contribution in [1.82, 2.24) is 0 Å². The first kappa shape index (κ1) is 14.4. The normalized spacial score (nSPS) is 17.0. The van der Waals surface area contributed by atoms with Gasteiger partial charge in [-0.1, -0.05) is 6.92 Å². The van der Waals surface area contributed by atoms with Gasteiger partial charge < -0.3 is 5.11 Å². The van der Waals surface area contributed by atoms with Gasteiger partial charge in [-0.3, -0.25) is 4.99 Å². The van der Waals surface area contributed by atoms with Gasteiger partial charge in [-0.05, 0) is 27.2 Å². The van der Waals surface area contributed by atoms with Gasteiger partial charge in [0.25, 0.3) is 0 Å². The van der Waals surface area contributed by atoms with E-state index in [4.69, 9.17) is 0 Å². The van der Waals surface area contributed by atoms with Crippen molar-refractivity contribution in [3.63, 3.8) is 0 Å². The predicted molar refractivity (Wildman–Crippen MR) is 44.6 cm³/mol. The summed E-state index contributed by atoms with van der Waals surface area (Å²) in [6, 6.07) is 0. The number of nitrogens with zero attached hydrogens (tertiary/aromatic N) is 1. The van der Waals surface area contributed by atoms with Crippen LogP contribution in [0.1, 0.15) is 34.1 Å². The van der Waals surface area contributed by atoms with E-state index in [0.717, 1.165) is 18.7 Å². The topological polar surface area (TPSA) is 32.6 Å². The summed E-state index contributed by atoms with van der Waals surface area (Å²) in [7, 11) is 0. The molecule has 0 aliphatic heterocycles. The second-order valence-electron chi connectivity index (χ2n) is 2.69. The summed E-state index contributed by atoms with van der Waals surface area (Å²) in [5.74, 6) is 0. The fraction of sp³-hybridized carbons (Fsp3) is 0.875. The number of aliphatic hydroxyl groups is 1. The third-order valence-electron chi connectivity index (χ3n) is 1.86. The van der Waals surface area contributed by atoms with Crippen molar-refractivity contribution in [3.05, 3.63) is 0 Å². The van der Waals surface area contributed by atoms with Crippen LogP contribution in [0.4, 0.5) is 0 Å². The minimum absolute atomic E-state index is 0. The molecule has 3 heteroatoms. The summed E-state index contributed by atoms with van der Waals surface area (Å²) in [5, 5.41) is 9.59. The van der Waals surface area contributed by atoms with Crippen LogP contribution in [0.5, 0.6) is 0 Å². The van der Waals surface area contributed by atoms with E-state index < -0.39 is 5.60 Å². The number of aliphatic imine (C=N–C) groups is 1. The molecule has 0 saturated heterocycles. The second-order valence-corrected chi connectivity index (χ2v) is 2.69. The van der Waals surface area contributed by atoms with Crippen LogP contribution in [0.3, 0.4) is 0 Å². The average Bonchev–Trinajstić information content (AvgIpc) is 1.89. The Bertz CT molecular complexity index is 132. The van der Waals surface area contributed by atoms with Gasteiger partial charge in [0.05, 0.1) is 5.60 Å². The second kappa shape index (κ2) is 6.35. The zero-order chi connectivity index (χ0) is 8.20. The Labute approximate surface area is 97.1 Å². The van der Waals surface area contributed by atoms with Crippen LogP contribution in [0, 0.1) is 35.6 Å². The van der Waals surface area contributed by atoms with Crippen molar-refractivity contribution >= 4 is 5.71 Å². The third-order valence-corrected chi connectivity index (χ3v) is 1.86. The van der Waals surface area contributed by atoms with Crippen molar-refractivity contribution in [2.24, 2.45) is 4.99 Å². The number of rotatable bonds is 3. The van der Waals surface area contributed by atoms with Crippen molar-refractivity contribution in [2.75, 3.05) is 6.54 Å². The molecule has 63 valence electrons. The van der Waals surface area contributed by atoms with Crippen molar-refractivity contribution in [2.45, 2.75) is 39.7 Å². The molecule has 1 N–H and O–H groups in total. The van der Waals surface area contributed by atoms with Crippen molar-refractivity contribution < 1.29 is 40.7 Å². The van der Waals surface area contributed by atoms with E-state index in [2.05, 4.69) is 4.99 Å². The maximum absolute atomic E-state index is 9.59. The summed E-state index contributed by atoms with van der Waals surface area (Å²) >= 11 is 0. The fourth-order valence-electron chi connectivity index (χ4n) is 0.663. The summed E-state index contributed by atoms with van der Waals surface area (Å²) in [6.07, 6.45) is 0.725. The van der Waals surface area contributed by atoms with Crippen molar-refractivity contribution in [3.8, 4) is 0 Å². The Morgan fingerprint density at radius 2 is 1.91 bits per heavy atom. The maximum Gasteiger partial charge on any atom is 0.0988 e. The summed E-state index contributed by atoms with van der Waals surface area (Å²) in [5.41, 5.74) is 0.133. The number of hydrogen-bond acceptors (Lipinski definition) is 2. The molecule has 0 saturated carbocycles. The molecule has 1 unspecified atom stereocenters. The Morgan fingerprint density at radius 1 is 1.45 bits per heavy atom. The molecule has 0 fully saturated rings. The predicted octanol–water partition coefficient (Wildman–Crippen LogP) is 1.63. The third kappa shape index (κ3) is 5.13. The van der Waals surface area contributed by atoms with E-state index in [0.29, 0.717) is 0 Å². The van der Waals surface area contributed by atoms with Crippen molar-refractivity contribution in [1.29, 1.82) is 0 Å². The minimum Gasteiger partial charge on any atom is -0.384 e. The summed E-state index contributed by atoms with van der Waals surface area (Å²) < 4.78 is 0. The largest absolute Gasteiger partial charge is 0.384 e. The zero-order valence-corrected chi connectivity index (χ0v) is 11.5. The first-order valence-electron chi connectivity index (χ1n) is 3.78. The molecule has 0 heterocycles. The Hall–Kier alpha value is 0.825. The minimum atomic E-state index is -0.698. The molecular weight excluding hydrogens is 265 g/mol. The molecule has 0 amide bonds. The van der Waals surface area contributed by atoms with Gasteiger partial charge >= 0.3 is 0 Å². The van der Waals surface area contributed by atoms with Crippen LogP contribution >= 0.6 is 0 Å². The number of hydrogen-bond donors (Lipinski definition) is 1. The smallest absolute Gasteiger partial charge is 0.0988 e. The Morgan fingerprint density at radius 3 is 2.18 bits per heavy atom. The molecule has 0 bridgehead atoms. The Balaban J connectivity index is 0.